The molecule has 0 radical (unpaired) electrons. The van der Waals surface area contributed by atoms with Crippen LogP contribution in [0.25, 0.3) is 0 Å². The minimum atomic E-state index is -0.586. The lowest BCUT2D eigenvalue weighted by molar-refractivity contribution is -0.144. The molecule has 1 aliphatic rings. The van der Waals surface area contributed by atoms with Crippen LogP contribution in [-0.4, -0.2) is 29.1 Å². The van der Waals surface area contributed by atoms with E-state index >= 15 is 0 Å². The maximum absolute atomic E-state index is 11.2. The summed E-state index contributed by atoms with van der Waals surface area (Å²) in [6.07, 6.45) is 7.47. The molecule has 4 heteroatoms. The molecule has 0 aromatic carbocycles. The van der Waals surface area contributed by atoms with Crippen LogP contribution in [0.5, 0.6) is 0 Å². The molecule has 0 aliphatic heterocycles. The van der Waals surface area contributed by atoms with Gasteiger partial charge in [0.25, 0.3) is 0 Å². The number of hydrogen-bond acceptors (Lipinski definition) is 4. The first-order valence-electron chi connectivity index (χ1n) is 7.08. The van der Waals surface area contributed by atoms with E-state index in [9.17, 15) is 14.7 Å². The molecular weight excluding hydrogens is 244 g/mol. The van der Waals surface area contributed by atoms with Crippen LogP contribution in [0.4, 0.5) is 0 Å². The summed E-state index contributed by atoms with van der Waals surface area (Å²) in [6, 6.07) is 0. The van der Waals surface area contributed by atoms with E-state index in [1.165, 1.54) is 6.92 Å². The molecule has 1 saturated carbocycles. The van der Waals surface area contributed by atoms with E-state index in [2.05, 4.69) is 6.92 Å². The van der Waals surface area contributed by atoms with Gasteiger partial charge >= 0.3 is 5.97 Å². The molecule has 3 atom stereocenters. The van der Waals surface area contributed by atoms with Crippen molar-refractivity contribution < 1.29 is 19.4 Å². The Hall–Kier alpha value is -1.16. The zero-order chi connectivity index (χ0) is 14.3. The van der Waals surface area contributed by atoms with Crippen LogP contribution in [0.2, 0.25) is 0 Å². The monoisotopic (exact) mass is 268 g/mol. The molecule has 0 aromatic heterocycles. The highest BCUT2D eigenvalue weighted by Gasteiger charge is 2.29. The molecule has 1 fully saturated rings. The van der Waals surface area contributed by atoms with Gasteiger partial charge in [-0.05, 0) is 18.9 Å². The van der Waals surface area contributed by atoms with E-state index in [0.717, 1.165) is 25.7 Å². The van der Waals surface area contributed by atoms with Crippen LogP contribution in [0.3, 0.4) is 0 Å². The number of esters is 1. The average molecular weight is 268 g/mol. The fraction of sp³-hybridized carbons (Fsp3) is 0.733. The van der Waals surface area contributed by atoms with Crippen molar-refractivity contribution in [1.82, 2.24) is 0 Å². The number of rotatable bonds is 7. The third-order valence-electron chi connectivity index (χ3n) is 3.38. The number of carbonyl (C=O) groups excluding carboxylic acids is 2. The van der Waals surface area contributed by atoms with Gasteiger partial charge in [0, 0.05) is 25.7 Å². The highest BCUT2D eigenvalue weighted by Crippen LogP contribution is 2.24. The molecule has 0 bridgehead atoms. The minimum Gasteiger partial charge on any atom is -0.458 e. The number of Topliss-reactive ketones (excluding diaryl/α,β-unsaturated/α-hetero) is 1. The zero-order valence-corrected chi connectivity index (χ0v) is 11.8. The number of carbonyl (C=O) groups is 2. The summed E-state index contributed by atoms with van der Waals surface area (Å²) >= 11 is 0. The van der Waals surface area contributed by atoms with Crippen LogP contribution >= 0.6 is 0 Å². The summed E-state index contributed by atoms with van der Waals surface area (Å²) < 4.78 is 5.23. The first-order chi connectivity index (χ1) is 9.02. The number of hydrogen-bond donors (Lipinski definition) is 1. The fourth-order valence-corrected chi connectivity index (χ4v) is 2.33. The number of aliphatic hydroxyl groups excluding tert-OH is 1. The Balaban J connectivity index is 2.50. The van der Waals surface area contributed by atoms with E-state index < -0.39 is 6.10 Å². The van der Waals surface area contributed by atoms with E-state index in [0.29, 0.717) is 6.42 Å². The standard InChI is InChI=1S/C15H24O4/c1-3-4-5-6-14(19-11(2)16)8-7-12-9-13(17)10-15(12)18/h7-8,12,14-15,18H,3-6,9-10H2,1-2H3/b8-7+/t12-,14-,15+/m0/s1. The molecule has 19 heavy (non-hydrogen) atoms. The fourth-order valence-electron chi connectivity index (χ4n) is 2.33. The topological polar surface area (TPSA) is 63.6 Å². The van der Waals surface area contributed by atoms with Crippen molar-refractivity contribution in [3.63, 3.8) is 0 Å². The van der Waals surface area contributed by atoms with Crippen molar-refractivity contribution >= 4 is 11.8 Å². The van der Waals surface area contributed by atoms with Gasteiger partial charge in [-0.3, -0.25) is 9.59 Å². The lowest BCUT2D eigenvalue weighted by Crippen LogP contribution is -2.16. The van der Waals surface area contributed by atoms with Crippen molar-refractivity contribution in [2.45, 2.75) is 64.6 Å². The lowest BCUT2D eigenvalue weighted by atomic mass is 10.0. The number of aliphatic hydroxyl groups is 1. The third kappa shape index (κ3) is 6.01. The second kappa shape index (κ2) is 8.10. The van der Waals surface area contributed by atoms with Gasteiger partial charge in [0.15, 0.2) is 0 Å². The molecule has 0 spiro atoms. The van der Waals surface area contributed by atoms with Crippen LogP contribution in [-0.2, 0) is 14.3 Å². The van der Waals surface area contributed by atoms with E-state index in [4.69, 9.17) is 4.74 Å². The van der Waals surface area contributed by atoms with Gasteiger partial charge < -0.3 is 9.84 Å². The third-order valence-corrected chi connectivity index (χ3v) is 3.38. The van der Waals surface area contributed by atoms with Crippen molar-refractivity contribution in [3.05, 3.63) is 12.2 Å². The van der Waals surface area contributed by atoms with Crippen LogP contribution < -0.4 is 0 Å². The zero-order valence-electron chi connectivity index (χ0n) is 11.8. The van der Waals surface area contributed by atoms with Gasteiger partial charge in [0.1, 0.15) is 11.9 Å². The molecule has 0 heterocycles. The van der Waals surface area contributed by atoms with Crippen LogP contribution in [0.1, 0.15) is 52.4 Å². The average Bonchev–Trinajstić information content (AvgIpc) is 2.64. The van der Waals surface area contributed by atoms with E-state index in [-0.39, 0.29) is 30.2 Å². The summed E-state index contributed by atoms with van der Waals surface area (Å²) in [6.45, 7) is 3.52. The lowest BCUT2D eigenvalue weighted by Gasteiger charge is -2.14. The predicted molar refractivity (Wildman–Crippen MR) is 72.6 cm³/mol. The Morgan fingerprint density at radius 3 is 2.74 bits per heavy atom. The molecule has 0 saturated heterocycles. The largest absolute Gasteiger partial charge is 0.458 e. The molecule has 108 valence electrons. The Morgan fingerprint density at radius 1 is 1.47 bits per heavy atom. The maximum atomic E-state index is 11.2. The Morgan fingerprint density at radius 2 is 2.21 bits per heavy atom. The first kappa shape index (κ1) is 15.9. The van der Waals surface area contributed by atoms with Crippen LogP contribution in [0.15, 0.2) is 12.2 Å². The van der Waals surface area contributed by atoms with Crippen molar-refractivity contribution in [2.24, 2.45) is 5.92 Å². The number of unbranched alkanes of at least 4 members (excludes halogenated alkanes) is 2. The molecule has 1 rings (SSSR count). The Kier molecular flexibility index (Phi) is 6.78. The summed E-state index contributed by atoms with van der Waals surface area (Å²) in [5.74, 6) is -0.330. The minimum absolute atomic E-state index is 0.0946. The maximum Gasteiger partial charge on any atom is 0.303 e. The van der Waals surface area contributed by atoms with Crippen LogP contribution in [0, 0.1) is 5.92 Å². The van der Waals surface area contributed by atoms with Crippen molar-refractivity contribution in [3.8, 4) is 0 Å². The summed E-state index contributed by atoms with van der Waals surface area (Å²) in [5, 5.41) is 9.69. The Bertz CT molecular complexity index is 335. The smallest absolute Gasteiger partial charge is 0.303 e. The summed E-state index contributed by atoms with van der Waals surface area (Å²) in [4.78, 5) is 22.3. The van der Waals surface area contributed by atoms with Crippen molar-refractivity contribution in [1.29, 1.82) is 0 Å². The molecule has 1 aliphatic carbocycles. The number of ketones is 1. The van der Waals surface area contributed by atoms with Gasteiger partial charge in [-0.2, -0.15) is 0 Å². The van der Waals surface area contributed by atoms with Gasteiger partial charge in [-0.25, -0.2) is 0 Å². The first-order valence-corrected chi connectivity index (χ1v) is 7.08. The number of ether oxygens (including phenoxy) is 1. The van der Waals surface area contributed by atoms with E-state index in [1.54, 1.807) is 0 Å². The molecule has 0 unspecified atom stereocenters. The van der Waals surface area contributed by atoms with Gasteiger partial charge in [-0.15, -0.1) is 0 Å². The second-order valence-corrected chi connectivity index (χ2v) is 5.21. The molecule has 0 amide bonds. The highest BCUT2D eigenvalue weighted by molar-refractivity contribution is 5.81. The Labute approximate surface area is 114 Å². The quantitative estimate of drug-likeness (QED) is 0.437. The molecule has 0 aromatic rings. The summed E-state index contributed by atoms with van der Waals surface area (Å²) in [5.41, 5.74) is 0. The second-order valence-electron chi connectivity index (χ2n) is 5.21. The van der Waals surface area contributed by atoms with Gasteiger partial charge in [0.05, 0.1) is 6.10 Å². The predicted octanol–water partition coefficient (Wildman–Crippen LogP) is 2.39. The SMILES string of the molecule is CCCCC[C@@H](/C=C/[C@H]1CC(=O)C[C@H]1O)OC(C)=O. The highest BCUT2D eigenvalue weighted by atomic mass is 16.5. The van der Waals surface area contributed by atoms with Gasteiger partial charge in [-0.1, -0.05) is 25.8 Å². The normalized spacial score (nSPS) is 24.9. The molecular formula is C15H24O4. The van der Waals surface area contributed by atoms with Gasteiger partial charge in [0.2, 0.25) is 0 Å². The molecule has 4 nitrogen and oxygen atoms in total. The molecule has 1 N–H and O–H groups in total. The summed E-state index contributed by atoms with van der Waals surface area (Å²) in [7, 11) is 0. The van der Waals surface area contributed by atoms with Crippen molar-refractivity contribution in [2.75, 3.05) is 0 Å². The van der Waals surface area contributed by atoms with E-state index in [1.807, 2.05) is 12.2 Å².